The number of aryl methyl sites for hydroxylation is 1. The first kappa shape index (κ1) is 15.0. The molecule has 0 saturated heterocycles. The van der Waals surface area contributed by atoms with E-state index >= 15 is 0 Å². The number of nitrogens with zero attached hydrogens (tertiary/aromatic N) is 2. The van der Waals surface area contributed by atoms with Crippen LogP contribution >= 0.6 is 0 Å². The van der Waals surface area contributed by atoms with Gasteiger partial charge in [0.15, 0.2) is 0 Å². The maximum atomic E-state index is 12.5. The molecule has 1 amide bonds. The second-order valence-corrected chi connectivity index (χ2v) is 5.84. The van der Waals surface area contributed by atoms with Crippen LogP contribution in [0.5, 0.6) is 0 Å². The molecule has 2 rings (SSSR count). The summed E-state index contributed by atoms with van der Waals surface area (Å²) < 4.78 is 5.50. The molecule has 110 valence electrons. The van der Waals surface area contributed by atoms with E-state index in [1.807, 2.05) is 70.2 Å². The Morgan fingerprint density at radius 1 is 1.14 bits per heavy atom. The van der Waals surface area contributed by atoms with Crippen LogP contribution in [0.15, 0.2) is 48.7 Å². The maximum absolute atomic E-state index is 12.5. The molecular weight excluding hydrogens is 264 g/mol. The van der Waals surface area contributed by atoms with Gasteiger partial charge >= 0.3 is 6.09 Å². The number of anilines is 2. The molecule has 0 radical (unpaired) electrons. The zero-order valence-corrected chi connectivity index (χ0v) is 12.8. The SMILES string of the molecule is Cc1ccnc(N(C(=O)OC(C)(C)C)c2ccccc2)c1. The first-order valence-electron chi connectivity index (χ1n) is 6.88. The van der Waals surface area contributed by atoms with Crippen molar-refractivity contribution in [3.05, 3.63) is 54.2 Å². The van der Waals surface area contributed by atoms with Crippen molar-refractivity contribution in [1.29, 1.82) is 0 Å². The molecule has 4 nitrogen and oxygen atoms in total. The van der Waals surface area contributed by atoms with Gasteiger partial charge in [0, 0.05) is 6.20 Å². The minimum absolute atomic E-state index is 0.438. The largest absolute Gasteiger partial charge is 0.443 e. The summed E-state index contributed by atoms with van der Waals surface area (Å²) in [6.07, 6.45) is 1.25. The summed E-state index contributed by atoms with van der Waals surface area (Å²) in [5.74, 6) is 0.551. The highest BCUT2D eigenvalue weighted by atomic mass is 16.6. The predicted molar refractivity (Wildman–Crippen MR) is 83.8 cm³/mol. The van der Waals surface area contributed by atoms with Crippen LogP contribution in [0.3, 0.4) is 0 Å². The Hall–Kier alpha value is -2.36. The van der Waals surface area contributed by atoms with E-state index in [2.05, 4.69) is 4.98 Å². The van der Waals surface area contributed by atoms with E-state index in [0.29, 0.717) is 5.82 Å². The molecule has 1 aromatic heterocycles. The molecule has 0 saturated carbocycles. The Morgan fingerprint density at radius 2 is 1.81 bits per heavy atom. The van der Waals surface area contributed by atoms with Crippen LogP contribution in [0.2, 0.25) is 0 Å². The van der Waals surface area contributed by atoms with Crippen molar-refractivity contribution in [3.8, 4) is 0 Å². The van der Waals surface area contributed by atoms with Crippen LogP contribution in [0.4, 0.5) is 16.3 Å². The molecule has 0 aliphatic heterocycles. The molecule has 0 aliphatic rings. The first-order valence-corrected chi connectivity index (χ1v) is 6.88. The van der Waals surface area contributed by atoms with Gasteiger partial charge in [-0.3, -0.25) is 0 Å². The Bertz CT molecular complexity index is 618. The number of aromatic nitrogens is 1. The van der Waals surface area contributed by atoms with Crippen LogP contribution < -0.4 is 4.90 Å². The zero-order valence-electron chi connectivity index (χ0n) is 12.8. The van der Waals surface area contributed by atoms with Crippen LogP contribution in [0.1, 0.15) is 26.3 Å². The van der Waals surface area contributed by atoms with E-state index in [4.69, 9.17) is 4.74 Å². The number of ether oxygens (including phenoxy) is 1. The molecular formula is C17H20N2O2. The summed E-state index contributed by atoms with van der Waals surface area (Å²) in [7, 11) is 0. The average molecular weight is 284 g/mol. The van der Waals surface area contributed by atoms with Gasteiger partial charge in [-0.1, -0.05) is 18.2 Å². The Labute approximate surface area is 125 Å². The normalized spacial score (nSPS) is 11.0. The minimum Gasteiger partial charge on any atom is -0.443 e. The standard InChI is InChI=1S/C17H20N2O2/c1-13-10-11-18-15(12-13)19(14-8-6-5-7-9-14)16(20)21-17(2,3)4/h5-12H,1-4H3. The highest BCUT2D eigenvalue weighted by Gasteiger charge is 2.25. The zero-order chi connectivity index (χ0) is 15.5. The Kier molecular flexibility index (Phi) is 4.26. The van der Waals surface area contributed by atoms with E-state index in [0.717, 1.165) is 11.3 Å². The average Bonchev–Trinajstić information content (AvgIpc) is 2.38. The van der Waals surface area contributed by atoms with Gasteiger partial charge in [0.1, 0.15) is 11.4 Å². The fraction of sp³-hybridized carbons (Fsp3) is 0.294. The lowest BCUT2D eigenvalue weighted by atomic mass is 10.2. The van der Waals surface area contributed by atoms with Crippen molar-refractivity contribution in [2.45, 2.75) is 33.3 Å². The van der Waals surface area contributed by atoms with E-state index < -0.39 is 11.7 Å². The summed E-state index contributed by atoms with van der Waals surface area (Å²) in [5, 5.41) is 0. The van der Waals surface area contributed by atoms with Crippen molar-refractivity contribution in [2.24, 2.45) is 0 Å². The van der Waals surface area contributed by atoms with Crippen molar-refractivity contribution >= 4 is 17.6 Å². The molecule has 21 heavy (non-hydrogen) atoms. The minimum atomic E-state index is -0.562. The van der Waals surface area contributed by atoms with Crippen molar-refractivity contribution in [3.63, 3.8) is 0 Å². The third kappa shape index (κ3) is 4.05. The maximum Gasteiger partial charge on any atom is 0.420 e. The van der Waals surface area contributed by atoms with Crippen LogP contribution in [0, 0.1) is 6.92 Å². The topological polar surface area (TPSA) is 42.4 Å². The summed E-state index contributed by atoms with van der Waals surface area (Å²) in [6, 6.07) is 13.1. The van der Waals surface area contributed by atoms with Crippen molar-refractivity contribution in [2.75, 3.05) is 4.90 Å². The Morgan fingerprint density at radius 3 is 2.38 bits per heavy atom. The highest BCUT2D eigenvalue weighted by molar-refractivity contribution is 5.95. The van der Waals surface area contributed by atoms with Crippen LogP contribution in [-0.4, -0.2) is 16.7 Å². The summed E-state index contributed by atoms with van der Waals surface area (Å²) in [6.45, 7) is 7.50. The molecule has 1 heterocycles. The molecule has 2 aromatic rings. The van der Waals surface area contributed by atoms with Gasteiger partial charge in [-0.05, 0) is 57.5 Å². The summed E-state index contributed by atoms with van der Waals surface area (Å²) in [5.41, 5.74) is 1.20. The predicted octanol–water partition coefficient (Wildman–Crippen LogP) is 4.46. The number of benzene rings is 1. The number of hydrogen-bond donors (Lipinski definition) is 0. The van der Waals surface area contributed by atoms with E-state index in [1.54, 1.807) is 6.20 Å². The number of para-hydroxylation sites is 1. The molecule has 0 atom stereocenters. The smallest absolute Gasteiger partial charge is 0.420 e. The Balaban J connectivity index is 2.43. The molecule has 1 aromatic carbocycles. The lowest BCUT2D eigenvalue weighted by Gasteiger charge is -2.27. The number of carbonyl (C=O) groups excluding carboxylic acids is 1. The number of pyridine rings is 1. The van der Waals surface area contributed by atoms with Crippen LogP contribution in [0.25, 0.3) is 0 Å². The van der Waals surface area contributed by atoms with Gasteiger partial charge in [0.25, 0.3) is 0 Å². The lowest BCUT2D eigenvalue weighted by Crippen LogP contribution is -2.34. The van der Waals surface area contributed by atoms with Gasteiger partial charge in [0.2, 0.25) is 0 Å². The molecule has 0 fully saturated rings. The van der Waals surface area contributed by atoms with Gasteiger partial charge < -0.3 is 4.74 Å². The molecule has 0 N–H and O–H groups in total. The van der Waals surface area contributed by atoms with Gasteiger partial charge in [-0.25, -0.2) is 14.7 Å². The van der Waals surface area contributed by atoms with E-state index in [-0.39, 0.29) is 0 Å². The number of rotatable bonds is 2. The number of amides is 1. The number of hydrogen-bond acceptors (Lipinski definition) is 3. The second kappa shape index (κ2) is 5.95. The van der Waals surface area contributed by atoms with E-state index in [1.165, 1.54) is 4.90 Å². The number of carbonyl (C=O) groups is 1. The molecule has 0 bridgehead atoms. The molecule has 0 unspecified atom stereocenters. The summed E-state index contributed by atoms with van der Waals surface area (Å²) in [4.78, 5) is 18.3. The summed E-state index contributed by atoms with van der Waals surface area (Å²) >= 11 is 0. The molecule has 0 spiro atoms. The van der Waals surface area contributed by atoms with Gasteiger partial charge in [-0.2, -0.15) is 0 Å². The molecule has 4 heteroatoms. The third-order valence-corrected chi connectivity index (χ3v) is 2.72. The quantitative estimate of drug-likeness (QED) is 0.817. The van der Waals surface area contributed by atoms with Crippen molar-refractivity contribution in [1.82, 2.24) is 4.98 Å². The third-order valence-electron chi connectivity index (χ3n) is 2.72. The van der Waals surface area contributed by atoms with E-state index in [9.17, 15) is 4.79 Å². The monoisotopic (exact) mass is 284 g/mol. The fourth-order valence-corrected chi connectivity index (χ4v) is 1.86. The fourth-order valence-electron chi connectivity index (χ4n) is 1.86. The van der Waals surface area contributed by atoms with Crippen molar-refractivity contribution < 1.29 is 9.53 Å². The first-order chi connectivity index (χ1) is 9.87. The lowest BCUT2D eigenvalue weighted by molar-refractivity contribution is 0.0598. The van der Waals surface area contributed by atoms with Gasteiger partial charge in [-0.15, -0.1) is 0 Å². The second-order valence-electron chi connectivity index (χ2n) is 5.84. The molecule has 0 aliphatic carbocycles. The highest BCUT2D eigenvalue weighted by Crippen LogP contribution is 2.26. The van der Waals surface area contributed by atoms with Gasteiger partial charge in [0.05, 0.1) is 5.69 Å². The van der Waals surface area contributed by atoms with Crippen LogP contribution in [-0.2, 0) is 4.74 Å².